The van der Waals surface area contributed by atoms with E-state index in [0.29, 0.717) is 23.6 Å². The molecule has 1 aliphatic heterocycles. The number of rotatable bonds is 5. The number of likely N-dealkylation sites (tertiary alicyclic amines) is 1. The summed E-state index contributed by atoms with van der Waals surface area (Å²) in [5.74, 6) is -0.157. The fourth-order valence-corrected chi connectivity index (χ4v) is 3.68. The van der Waals surface area contributed by atoms with Crippen LogP contribution in [-0.4, -0.2) is 34.3 Å². The molecule has 2 atom stereocenters. The Kier molecular flexibility index (Phi) is 4.69. The number of hydrogen-bond donors (Lipinski definition) is 1. The molecule has 1 saturated carbocycles. The quantitative estimate of drug-likeness (QED) is 0.833. The number of aryl methyl sites for hydroxylation is 2. The zero-order valence-electron chi connectivity index (χ0n) is 14.1. The highest BCUT2D eigenvalue weighted by molar-refractivity contribution is 6.05. The molecule has 1 aliphatic carbocycles. The highest BCUT2D eigenvalue weighted by Gasteiger charge is 2.47. The second-order valence-electron chi connectivity index (χ2n) is 6.54. The Morgan fingerprint density at radius 1 is 1.25 bits per heavy atom. The molecule has 1 aromatic heterocycles. The molecule has 0 bridgehead atoms. The summed E-state index contributed by atoms with van der Waals surface area (Å²) in [6.45, 7) is 3.82. The average Bonchev–Trinajstić information content (AvgIpc) is 3.05. The summed E-state index contributed by atoms with van der Waals surface area (Å²) in [4.78, 5) is 38.2. The number of carbonyl (C=O) groups excluding carboxylic acids is 3. The number of aromatic nitrogens is 1. The Morgan fingerprint density at radius 3 is 2.46 bits per heavy atom. The summed E-state index contributed by atoms with van der Waals surface area (Å²) in [5.41, 5.74) is 1.22. The van der Waals surface area contributed by atoms with Gasteiger partial charge in [0.2, 0.25) is 17.7 Å². The van der Waals surface area contributed by atoms with Gasteiger partial charge in [-0.1, -0.05) is 24.9 Å². The molecule has 2 unspecified atom stereocenters. The van der Waals surface area contributed by atoms with Gasteiger partial charge in [0.25, 0.3) is 0 Å². The Hall–Kier alpha value is -2.18. The van der Waals surface area contributed by atoms with E-state index in [2.05, 4.69) is 10.5 Å². The summed E-state index contributed by atoms with van der Waals surface area (Å²) >= 11 is 0. The molecule has 1 aromatic rings. The first-order valence-corrected chi connectivity index (χ1v) is 8.63. The summed E-state index contributed by atoms with van der Waals surface area (Å²) in [7, 11) is 0. The molecule has 24 heavy (non-hydrogen) atoms. The summed E-state index contributed by atoms with van der Waals surface area (Å²) in [5, 5.41) is 6.62. The Labute approximate surface area is 140 Å². The molecule has 0 radical (unpaired) electrons. The Morgan fingerprint density at radius 2 is 1.88 bits per heavy atom. The van der Waals surface area contributed by atoms with Gasteiger partial charge in [-0.2, -0.15) is 0 Å². The number of fused-ring (bicyclic) bond motifs is 1. The number of imide groups is 1. The van der Waals surface area contributed by atoms with Gasteiger partial charge in [-0.05, 0) is 19.8 Å². The molecule has 2 heterocycles. The minimum Gasteiger partial charge on any atom is -0.359 e. The number of carbonyl (C=O) groups is 3. The van der Waals surface area contributed by atoms with Crippen LogP contribution in [0, 0.1) is 18.8 Å². The van der Waals surface area contributed by atoms with Crippen molar-refractivity contribution in [3.63, 3.8) is 0 Å². The number of amides is 3. The van der Waals surface area contributed by atoms with E-state index in [0.717, 1.165) is 25.7 Å². The molecule has 3 rings (SSSR count). The lowest BCUT2D eigenvalue weighted by molar-refractivity contribution is -0.140. The first kappa shape index (κ1) is 16.7. The van der Waals surface area contributed by atoms with Crippen molar-refractivity contribution in [3.05, 3.63) is 11.5 Å². The monoisotopic (exact) mass is 333 g/mol. The van der Waals surface area contributed by atoms with Crippen molar-refractivity contribution in [2.24, 2.45) is 11.8 Å². The molecule has 7 nitrogen and oxygen atoms in total. The molecule has 0 spiro atoms. The van der Waals surface area contributed by atoms with Crippen molar-refractivity contribution in [2.45, 2.75) is 52.4 Å². The maximum Gasteiger partial charge on any atom is 0.233 e. The van der Waals surface area contributed by atoms with E-state index in [4.69, 9.17) is 4.52 Å². The second-order valence-corrected chi connectivity index (χ2v) is 6.54. The lowest BCUT2D eigenvalue weighted by Crippen LogP contribution is -2.34. The van der Waals surface area contributed by atoms with E-state index < -0.39 is 0 Å². The van der Waals surface area contributed by atoms with Crippen molar-refractivity contribution < 1.29 is 18.9 Å². The van der Waals surface area contributed by atoms with Gasteiger partial charge < -0.3 is 9.84 Å². The van der Waals surface area contributed by atoms with Crippen LogP contribution in [0.1, 0.15) is 50.5 Å². The van der Waals surface area contributed by atoms with Crippen LogP contribution in [0.15, 0.2) is 4.52 Å². The summed E-state index contributed by atoms with van der Waals surface area (Å²) in [6, 6.07) is 0. The first-order chi connectivity index (χ1) is 11.5. The van der Waals surface area contributed by atoms with E-state index in [-0.39, 0.29) is 42.5 Å². The fourth-order valence-electron chi connectivity index (χ4n) is 3.68. The molecular formula is C17H23N3O4. The van der Waals surface area contributed by atoms with Crippen LogP contribution >= 0.6 is 0 Å². The van der Waals surface area contributed by atoms with E-state index in [1.807, 2.05) is 6.92 Å². The molecule has 1 N–H and O–H groups in total. The fraction of sp³-hybridized carbons (Fsp3) is 0.647. The van der Waals surface area contributed by atoms with Crippen LogP contribution < -0.4 is 5.32 Å². The number of nitrogens with one attached hydrogen (secondary N) is 1. The van der Waals surface area contributed by atoms with Crippen LogP contribution in [0.25, 0.3) is 0 Å². The lowest BCUT2D eigenvalue weighted by atomic mass is 9.81. The topological polar surface area (TPSA) is 92.5 Å². The largest absolute Gasteiger partial charge is 0.359 e. The smallest absolute Gasteiger partial charge is 0.233 e. The molecule has 3 amide bonds. The molecule has 1 saturated heterocycles. The average molecular weight is 333 g/mol. The van der Waals surface area contributed by atoms with Gasteiger partial charge in [-0.25, -0.2) is 0 Å². The Balaban J connectivity index is 1.59. The third-order valence-corrected chi connectivity index (χ3v) is 5.01. The van der Waals surface area contributed by atoms with E-state index in [1.54, 1.807) is 6.92 Å². The van der Waals surface area contributed by atoms with Crippen LogP contribution in [0.3, 0.4) is 0 Å². The molecule has 7 heteroatoms. The van der Waals surface area contributed by atoms with E-state index >= 15 is 0 Å². The number of anilines is 1. The second kappa shape index (κ2) is 6.75. The van der Waals surface area contributed by atoms with Crippen molar-refractivity contribution in [2.75, 3.05) is 11.9 Å². The van der Waals surface area contributed by atoms with Crippen LogP contribution in [0.2, 0.25) is 0 Å². The SMILES string of the molecule is CCc1onc(C)c1NC(=O)CCN1C(=O)C2CCCCC2C1=O. The third-order valence-electron chi connectivity index (χ3n) is 5.01. The summed E-state index contributed by atoms with van der Waals surface area (Å²) < 4.78 is 5.14. The van der Waals surface area contributed by atoms with Gasteiger partial charge in [0.15, 0.2) is 5.76 Å². The van der Waals surface area contributed by atoms with Crippen molar-refractivity contribution >= 4 is 23.4 Å². The normalized spacial score (nSPS) is 23.5. The van der Waals surface area contributed by atoms with Gasteiger partial charge in [0.05, 0.1) is 11.8 Å². The van der Waals surface area contributed by atoms with Gasteiger partial charge in [-0.15, -0.1) is 0 Å². The highest BCUT2D eigenvalue weighted by Crippen LogP contribution is 2.38. The molecule has 0 aromatic carbocycles. The minimum atomic E-state index is -0.244. The Bertz CT molecular complexity index is 643. The molecular weight excluding hydrogens is 310 g/mol. The maximum absolute atomic E-state index is 12.4. The van der Waals surface area contributed by atoms with Gasteiger partial charge in [0.1, 0.15) is 11.4 Å². The number of hydrogen-bond acceptors (Lipinski definition) is 5. The standard InChI is InChI=1S/C17H23N3O4/c1-3-13-15(10(2)19-24-13)18-14(21)8-9-20-16(22)11-6-4-5-7-12(11)17(20)23/h11-12H,3-9H2,1-2H3,(H,18,21). The predicted molar refractivity (Wildman–Crippen MR) is 86.0 cm³/mol. The summed E-state index contributed by atoms with van der Waals surface area (Å²) in [6.07, 6.45) is 4.30. The molecule has 130 valence electrons. The van der Waals surface area contributed by atoms with E-state index in [1.165, 1.54) is 4.90 Å². The van der Waals surface area contributed by atoms with Gasteiger partial charge in [-0.3, -0.25) is 19.3 Å². The number of nitrogens with zero attached hydrogens (tertiary/aromatic N) is 2. The zero-order chi connectivity index (χ0) is 17.3. The van der Waals surface area contributed by atoms with Crippen LogP contribution in [0.5, 0.6) is 0 Å². The molecule has 2 aliphatic rings. The van der Waals surface area contributed by atoms with Gasteiger partial charge in [0, 0.05) is 19.4 Å². The zero-order valence-corrected chi connectivity index (χ0v) is 14.1. The minimum absolute atomic E-state index is 0.0880. The predicted octanol–water partition coefficient (Wildman–Crippen LogP) is 2.05. The van der Waals surface area contributed by atoms with Crippen LogP contribution in [-0.2, 0) is 20.8 Å². The first-order valence-electron chi connectivity index (χ1n) is 8.63. The third kappa shape index (κ3) is 2.95. The lowest BCUT2D eigenvalue weighted by Gasteiger charge is -2.19. The maximum atomic E-state index is 12.4. The van der Waals surface area contributed by atoms with Crippen LogP contribution in [0.4, 0.5) is 5.69 Å². The molecule has 2 fully saturated rings. The van der Waals surface area contributed by atoms with E-state index in [9.17, 15) is 14.4 Å². The van der Waals surface area contributed by atoms with Gasteiger partial charge >= 0.3 is 0 Å². The van der Waals surface area contributed by atoms with Crippen molar-refractivity contribution in [3.8, 4) is 0 Å². The highest BCUT2D eigenvalue weighted by atomic mass is 16.5. The van der Waals surface area contributed by atoms with Crippen molar-refractivity contribution in [1.29, 1.82) is 0 Å². The van der Waals surface area contributed by atoms with Crippen molar-refractivity contribution in [1.82, 2.24) is 10.1 Å².